The highest BCUT2D eigenvalue weighted by molar-refractivity contribution is 7.20. The summed E-state index contributed by atoms with van der Waals surface area (Å²) in [5, 5.41) is 6.21. The Labute approximate surface area is 301 Å². The summed E-state index contributed by atoms with van der Waals surface area (Å²) < 4.78 is 3.58. The van der Waals surface area contributed by atoms with Crippen molar-refractivity contribution in [3.63, 3.8) is 0 Å². The van der Waals surface area contributed by atoms with Crippen molar-refractivity contribution in [2.75, 3.05) is 0 Å². The standard InChI is InChI=1S/C48H34N2S/c1-30(33-25-27-44-42(28-33)38-20-10-12-22-43(38)50(44)35-16-4-3-5-17-35)48-47(40-21-11-13-23-45(40)51-48)49-31(2)41-29-34-15-7-9-19-37(34)46-36-18-8-6-14-32(36)24-26-39(41)46/h3-28,41H,1,29H2,2H3/b49-31+. The molecule has 0 radical (unpaired) electrons. The molecule has 7 aromatic carbocycles. The smallest absolute Gasteiger partial charge is 0.0893 e. The van der Waals surface area contributed by atoms with E-state index in [1.165, 1.54) is 64.9 Å². The molecule has 0 bridgehead atoms. The number of rotatable bonds is 5. The molecular weight excluding hydrogens is 637 g/mol. The number of thiophene rings is 1. The van der Waals surface area contributed by atoms with Gasteiger partial charge >= 0.3 is 0 Å². The molecule has 10 rings (SSSR count). The number of para-hydroxylation sites is 2. The summed E-state index contributed by atoms with van der Waals surface area (Å²) in [6, 6.07) is 57.1. The molecule has 0 fully saturated rings. The van der Waals surface area contributed by atoms with Gasteiger partial charge in [-0.2, -0.15) is 0 Å². The third kappa shape index (κ3) is 4.73. The Morgan fingerprint density at radius 1 is 0.667 bits per heavy atom. The number of hydrogen-bond donors (Lipinski definition) is 0. The van der Waals surface area contributed by atoms with Crippen molar-refractivity contribution in [1.29, 1.82) is 0 Å². The van der Waals surface area contributed by atoms with Crippen LogP contribution in [0.3, 0.4) is 0 Å². The maximum atomic E-state index is 5.59. The molecule has 0 saturated heterocycles. The van der Waals surface area contributed by atoms with Crippen LogP contribution in [0, 0.1) is 0 Å². The molecule has 1 aliphatic carbocycles. The minimum Gasteiger partial charge on any atom is -0.309 e. The summed E-state index contributed by atoms with van der Waals surface area (Å²) in [5.74, 6) is 0.166. The Hall–Kier alpha value is -6.03. The van der Waals surface area contributed by atoms with Gasteiger partial charge < -0.3 is 4.57 Å². The average Bonchev–Trinajstić information content (AvgIpc) is 3.72. The van der Waals surface area contributed by atoms with Gasteiger partial charge in [-0.1, -0.05) is 128 Å². The Balaban J connectivity index is 1.12. The highest BCUT2D eigenvalue weighted by Gasteiger charge is 2.29. The van der Waals surface area contributed by atoms with E-state index in [1.807, 2.05) is 0 Å². The summed E-state index contributed by atoms with van der Waals surface area (Å²) in [5.41, 5.74) is 13.2. The molecule has 2 nitrogen and oxygen atoms in total. The fourth-order valence-electron chi connectivity index (χ4n) is 8.27. The molecule has 0 amide bonds. The quantitative estimate of drug-likeness (QED) is 0.162. The summed E-state index contributed by atoms with van der Waals surface area (Å²) in [7, 11) is 0. The first-order valence-corrected chi connectivity index (χ1v) is 18.4. The zero-order valence-corrected chi connectivity index (χ0v) is 29.1. The highest BCUT2D eigenvalue weighted by atomic mass is 32.1. The first-order chi connectivity index (χ1) is 25.1. The summed E-state index contributed by atoms with van der Waals surface area (Å²) in [6.45, 7) is 6.98. The van der Waals surface area contributed by atoms with Crippen LogP contribution in [-0.4, -0.2) is 10.3 Å². The van der Waals surface area contributed by atoms with Crippen LogP contribution in [-0.2, 0) is 6.42 Å². The number of benzene rings is 7. The molecule has 51 heavy (non-hydrogen) atoms. The summed E-state index contributed by atoms with van der Waals surface area (Å²) in [4.78, 5) is 6.71. The molecule has 0 spiro atoms. The third-order valence-corrected chi connectivity index (χ3v) is 11.9. The van der Waals surface area contributed by atoms with E-state index in [9.17, 15) is 0 Å². The first kappa shape index (κ1) is 29.8. The molecule has 9 aromatic rings. The van der Waals surface area contributed by atoms with Crippen LogP contribution in [0.25, 0.3) is 65.1 Å². The van der Waals surface area contributed by atoms with Crippen LogP contribution in [0.1, 0.15) is 34.4 Å². The van der Waals surface area contributed by atoms with E-state index in [4.69, 9.17) is 11.6 Å². The molecule has 2 heterocycles. The van der Waals surface area contributed by atoms with Gasteiger partial charge in [-0.05, 0) is 93.9 Å². The second-order valence-electron chi connectivity index (χ2n) is 13.6. The number of hydrogen-bond acceptors (Lipinski definition) is 2. The monoisotopic (exact) mass is 670 g/mol. The topological polar surface area (TPSA) is 17.3 Å². The minimum atomic E-state index is 0.166. The normalized spacial score (nSPS) is 14.3. The maximum Gasteiger partial charge on any atom is 0.0893 e. The Morgan fingerprint density at radius 2 is 1.37 bits per heavy atom. The molecule has 242 valence electrons. The van der Waals surface area contributed by atoms with E-state index in [2.05, 4.69) is 169 Å². The second kappa shape index (κ2) is 11.8. The highest BCUT2D eigenvalue weighted by Crippen LogP contribution is 2.47. The molecule has 2 aromatic heterocycles. The average molecular weight is 671 g/mol. The zero-order chi connectivity index (χ0) is 34.1. The van der Waals surface area contributed by atoms with Crippen LogP contribution in [0.5, 0.6) is 0 Å². The first-order valence-electron chi connectivity index (χ1n) is 17.6. The Kier molecular flexibility index (Phi) is 6.90. The number of aliphatic imine (C=N–C) groups is 1. The number of aromatic nitrogens is 1. The third-order valence-electron chi connectivity index (χ3n) is 10.7. The van der Waals surface area contributed by atoms with E-state index in [1.54, 1.807) is 11.3 Å². The molecule has 1 atom stereocenters. The number of nitrogens with zero attached hydrogens (tertiary/aromatic N) is 2. The van der Waals surface area contributed by atoms with Gasteiger partial charge in [0.2, 0.25) is 0 Å². The Bertz CT molecular complexity index is 2870. The molecule has 1 unspecified atom stereocenters. The van der Waals surface area contributed by atoms with Gasteiger partial charge in [0, 0.05) is 38.2 Å². The van der Waals surface area contributed by atoms with Gasteiger partial charge in [-0.15, -0.1) is 11.3 Å². The van der Waals surface area contributed by atoms with Gasteiger partial charge in [0.15, 0.2) is 0 Å². The molecule has 3 heteroatoms. The van der Waals surface area contributed by atoms with E-state index in [0.29, 0.717) is 0 Å². The van der Waals surface area contributed by atoms with Crippen LogP contribution in [0.2, 0.25) is 0 Å². The Morgan fingerprint density at radius 3 is 2.25 bits per heavy atom. The van der Waals surface area contributed by atoms with E-state index >= 15 is 0 Å². The second-order valence-corrected chi connectivity index (χ2v) is 14.6. The van der Waals surface area contributed by atoms with Crippen molar-refractivity contribution >= 4 is 71.0 Å². The van der Waals surface area contributed by atoms with Crippen molar-refractivity contribution in [2.45, 2.75) is 19.3 Å². The van der Waals surface area contributed by atoms with Gasteiger partial charge in [-0.25, -0.2) is 0 Å². The molecule has 0 N–H and O–H groups in total. The fourth-order valence-corrected chi connectivity index (χ4v) is 9.41. The van der Waals surface area contributed by atoms with Gasteiger partial charge in [0.25, 0.3) is 0 Å². The van der Waals surface area contributed by atoms with E-state index in [-0.39, 0.29) is 5.92 Å². The largest absolute Gasteiger partial charge is 0.309 e. The van der Waals surface area contributed by atoms with Crippen LogP contribution in [0.4, 0.5) is 5.69 Å². The SMILES string of the molecule is C=C(c1ccc2c(c1)c1ccccc1n2-c1ccccc1)c1sc2ccccc2c1/N=C(\C)C1Cc2ccccc2-c2c1ccc1ccccc21. The molecule has 0 aliphatic heterocycles. The van der Waals surface area contributed by atoms with Crippen molar-refractivity contribution in [1.82, 2.24) is 4.57 Å². The predicted molar refractivity (Wildman–Crippen MR) is 219 cm³/mol. The number of fused-ring (bicyclic) bond motifs is 9. The predicted octanol–water partition coefficient (Wildman–Crippen LogP) is 13.3. The molecular formula is C48H34N2S. The molecule has 0 saturated carbocycles. The lowest BCUT2D eigenvalue weighted by atomic mass is 9.75. The lowest BCUT2D eigenvalue weighted by molar-refractivity contribution is 0.860. The maximum absolute atomic E-state index is 5.59. The van der Waals surface area contributed by atoms with Crippen LogP contribution < -0.4 is 0 Å². The van der Waals surface area contributed by atoms with Gasteiger partial charge in [-0.3, -0.25) is 4.99 Å². The summed E-state index contributed by atoms with van der Waals surface area (Å²) in [6.07, 6.45) is 0.928. The lowest BCUT2D eigenvalue weighted by Gasteiger charge is -2.29. The lowest BCUT2D eigenvalue weighted by Crippen LogP contribution is -2.18. The van der Waals surface area contributed by atoms with E-state index < -0.39 is 0 Å². The van der Waals surface area contributed by atoms with Crippen LogP contribution >= 0.6 is 11.3 Å². The van der Waals surface area contributed by atoms with Crippen LogP contribution in [0.15, 0.2) is 169 Å². The van der Waals surface area contributed by atoms with E-state index in [0.717, 1.165) is 39.5 Å². The van der Waals surface area contributed by atoms with Crippen molar-refractivity contribution in [2.24, 2.45) is 4.99 Å². The minimum absolute atomic E-state index is 0.166. The van der Waals surface area contributed by atoms with Gasteiger partial charge in [0.1, 0.15) is 0 Å². The van der Waals surface area contributed by atoms with Gasteiger partial charge in [0.05, 0.1) is 21.6 Å². The van der Waals surface area contributed by atoms with Crippen molar-refractivity contribution < 1.29 is 0 Å². The van der Waals surface area contributed by atoms with Crippen molar-refractivity contribution in [3.8, 4) is 16.8 Å². The summed E-state index contributed by atoms with van der Waals surface area (Å²) >= 11 is 1.79. The van der Waals surface area contributed by atoms with Crippen molar-refractivity contribution in [3.05, 3.63) is 186 Å². The zero-order valence-electron chi connectivity index (χ0n) is 28.3. The fraction of sp³-hybridized carbons (Fsp3) is 0.0625. The molecule has 1 aliphatic rings.